The van der Waals surface area contributed by atoms with Crippen LogP contribution in [-0.2, 0) is 26.0 Å². The van der Waals surface area contributed by atoms with E-state index in [1.807, 2.05) is 0 Å². The number of rotatable bonds is 5. The maximum absolute atomic E-state index is 13.4. The Morgan fingerprint density at radius 3 is 2.50 bits per heavy atom. The third-order valence-electron chi connectivity index (χ3n) is 5.01. The number of carbonyl (C=O) groups is 2. The van der Waals surface area contributed by atoms with Crippen molar-refractivity contribution in [3.05, 3.63) is 84.3 Å². The van der Waals surface area contributed by atoms with Gasteiger partial charge >= 0.3 is 0 Å². The molecule has 1 N–H and O–H groups in total. The first-order chi connectivity index (χ1) is 14.5. The summed E-state index contributed by atoms with van der Waals surface area (Å²) in [6.07, 6.45) is 1.26. The number of para-hydroxylation sites is 1. The van der Waals surface area contributed by atoms with Crippen molar-refractivity contribution in [3.63, 3.8) is 0 Å². The van der Waals surface area contributed by atoms with Crippen molar-refractivity contribution in [2.45, 2.75) is 23.1 Å². The van der Waals surface area contributed by atoms with Crippen LogP contribution in [0.25, 0.3) is 0 Å². The predicted octanol–water partition coefficient (Wildman–Crippen LogP) is 2.85. The van der Waals surface area contributed by atoms with Gasteiger partial charge in [-0.15, -0.1) is 0 Å². The molecular formula is C22H20N2O5S. The van der Waals surface area contributed by atoms with Gasteiger partial charge in [0.1, 0.15) is 12.3 Å². The van der Waals surface area contributed by atoms with Crippen molar-refractivity contribution in [2.75, 3.05) is 11.4 Å². The SMILES string of the molecule is O=C(CN1C(=O)CC(c2ccccc2)S(=O)(=O)c2ccccc21)NCc1ccco1. The number of anilines is 1. The van der Waals surface area contributed by atoms with Crippen molar-refractivity contribution in [1.82, 2.24) is 5.32 Å². The zero-order valence-corrected chi connectivity index (χ0v) is 16.8. The molecule has 30 heavy (non-hydrogen) atoms. The minimum Gasteiger partial charge on any atom is -0.467 e. The average molecular weight is 424 g/mol. The first-order valence-electron chi connectivity index (χ1n) is 9.44. The van der Waals surface area contributed by atoms with Gasteiger partial charge in [0.15, 0.2) is 9.84 Å². The highest BCUT2D eigenvalue weighted by Gasteiger charge is 2.39. The standard InChI is InChI=1S/C22H20N2O5S/c25-21(23-14-17-9-6-12-29-17)15-24-18-10-4-5-11-19(18)30(27,28)20(13-22(24)26)16-7-2-1-3-8-16/h1-12,20H,13-15H2,(H,23,25). The second-order valence-electron chi connectivity index (χ2n) is 6.95. The Kier molecular flexibility index (Phi) is 5.41. The first-order valence-corrected chi connectivity index (χ1v) is 11.0. The zero-order valence-electron chi connectivity index (χ0n) is 16.0. The van der Waals surface area contributed by atoms with E-state index in [0.717, 1.165) is 0 Å². The number of hydrogen-bond acceptors (Lipinski definition) is 5. The van der Waals surface area contributed by atoms with Crippen molar-refractivity contribution in [3.8, 4) is 0 Å². The molecule has 154 valence electrons. The molecule has 0 saturated carbocycles. The minimum atomic E-state index is -3.83. The van der Waals surface area contributed by atoms with Crippen molar-refractivity contribution >= 4 is 27.3 Å². The van der Waals surface area contributed by atoms with Crippen LogP contribution in [0.3, 0.4) is 0 Å². The molecule has 0 fully saturated rings. The number of amides is 2. The van der Waals surface area contributed by atoms with Crippen LogP contribution in [0.2, 0.25) is 0 Å². The van der Waals surface area contributed by atoms with Crippen LogP contribution < -0.4 is 10.2 Å². The Hall–Kier alpha value is -3.39. The molecule has 1 unspecified atom stereocenters. The molecule has 0 saturated heterocycles. The fourth-order valence-corrected chi connectivity index (χ4v) is 5.45. The summed E-state index contributed by atoms with van der Waals surface area (Å²) in [5.41, 5.74) is 0.763. The predicted molar refractivity (Wildman–Crippen MR) is 110 cm³/mol. The number of carbonyl (C=O) groups excluding carboxylic acids is 2. The first kappa shape index (κ1) is 19.9. The van der Waals surface area contributed by atoms with Crippen molar-refractivity contribution in [2.24, 2.45) is 0 Å². The lowest BCUT2D eigenvalue weighted by Crippen LogP contribution is -2.40. The van der Waals surface area contributed by atoms with E-state index in [4.69, 9.17) is 4.42 Å². The van der Waals surface area contributed by atoms with Gasteiger partial charge < -0.3 is 14.6 Å². The third kappa shape index (κ3) is 3.86. The van der Waals surface area contributed by atoms with Gasteiger partial charge in [0, 0.05) is 6.42 Å². The summed E-state index contributed by atoms with van der Waals surface area (Å²) in [5, 5.41) is 1.68. The minimum absolute atomic E-state index is 0.0449. The number of hydrogen-bond donors (Lipinski definition) is 1. The molecule has 0 spiro atoms. The lowest BCUT2D eigenvalue weighted by molar-refractivity contribution is -0.124. The summed E-state index contributed by atoms with van der Waals surface area (Å²) in [7, 11) is -3.83. The van der Waals surface area contributed by atoms with E-state index >= 15 is 0 Å². The molecule has 3 aromatic rings. The highest BCUT2D eigenvalue weighted by Crippen LogP contribution is 2.40. The summed E-state index contributed by atoms with van der Waals surface area (Å²) in [6.45, 7) is -0.103. The molecular weight excluding hydrogens is 404 g/mol. The van der Waals surface area contributed by atoms with E-state index in [9.17, 15) is 18.0 Å². The molecule has 7 nitrogen and oxygen atoms in total. The molecule has 1 aliphatic rings. The molecule has 0 aliphatic carbocycles. The number of furan rings is 1. The molecule has 0 bridgehead atoms. The molecule has 2 aromatic carbocycles. The highest BCUT2D eigenvalue weighted by molar-refractivity contribution is 7.92. The molecule has 4 rings (SSSR count). The van der Waals surface area contributed by atoms with Crippen LogP contribution >= 0.6 is 0 Å². The normalized spacial score (nSPS) is 17.8. The van der Waals surface area contributed by atoms with Crippen molar-refractivity contribution < 1.29 is 22.4 Å². The summed E-state index contributed by atoms with van der Waals surface area (Å²) in [4.78, 5) is 26.9. The second-order valence-corrected chi connectivity index (χ2v) is 9.05. The van der Waals surface area contributed by atoms with E-state index < -0.39 is 26.9 Å². The van der Waals surface area contributed by atoms with Gasteiger partial charge in [-0.1, -0.05) is 42.5 Å². The van der Waals surface area contributed by atoms with Gasteiger partial charge in [-0.25, -0.2) is 8.42 Å². The van der Waals surface area contributed by atoms with Gasteiger partial charge in [0.2, 0.25) is 11.8 Å². The fraction of sp³-hybridized carbons (Fsp3) is 0.182. The molecule has 2 amide bonds. The van der Waals surface area contributed by atoms with E-state index in [1.54, 1.807) is 60.7 Å². The quantitative estimate of drug-likeness (QED) is 0.679. The van der Waals surface area contributed by atoms with Crippen molar-refractivity contribution in [1.29, 1.82) is 0 Å². The van der Waals surface area contributed by atoms with E-state index in [-0.39, 0.29) is 30.1 Å². The second kappa shape index (κ2) is 8.16. The number of nitrogens with one attached hydrogen (secondary N) is 1. The van der Waals surface area contributed by atoms with Crippen LogP contribution in [-0.4, -0.2) is 26.8 Å². The lowest BCUT2D eigenvalue weighted by Gasteiger charge is -2.21. The largest absolute Gasteiger partial charge is 0.467 e. The monoisotopic (exact) mass is 424 g/mol. The molecule has 2 heterocycles. The smallest absolute Gasteiger partial charge is 0.240 e. The van der Waals surface area contributed by atoms with Crippen LogP contribution in [0.1, 0.15) is 23.0 Å². The summed E-state index contributed by atoms with van der Waals surface area (Å²) in [6, 6.07) is 18.4. The highest BCUT2D eigenvalue weighted by atomic mass is 32.2. The molecule has 1 atom stereocenters. The molecule has 0 radical (unpaired) electrons. The van der Waals surface area contributed by atoms with Gasteiger partial charge in [-0.3, -0.25) is 9.59 Å². The van der Waals surface area contributed by atoms with Crippen LogP contribution in [0, 0.1) is 0 Å². The summed E-state index contributed by atoms with van der Waals surface area (Å²) >= 11 is 0. The topological polar surface area (TPSA) is 96.7 Å². The van der Waals surface area contributed by atoms with Crippen LogP contribution in [0.15, 0.2) is 82.3 Å². The summed E-state index contributed by atoms with van der Waals surface area (Å²) < 4.78 is 32.0. The lowest BCUT2D eigenvalue weighted by atomic mass is 10.1. The van der Waals surface area contributed by atoms with E-state index in [1.165, 1.54) is 17.2 Å². The van der Waals surface area contributed by atoms with E-state index in [0.29, 0.717) is 11.3 Å². The maximum Gasteiger partial charge on any atom is 0.240 e. The maximum atomic E-state index is 13.4. The Morgan fingerprint density at radius 2 is 1.77 bits per heavy atom. The van der Waals surface area contributed by atoms with E-state index in [2.05, 4.69) is 5.32 Å². The van der Waals surface area contributed by atoms with Crippen LogP contribution in [0.5, 0.6) is 0 Å². The Morgan fingerprint density at radius 1 is 1.03 bits per heavy atom. The fourth-order valence-electron chi connectivity index (χ4n) is 3.52. The third-order valence-corrected chi connectivity index (χ3v) is 7.16. The number of sulfone groups is 1. The number of fused-ring (bicyclic) bond motifs is 1. The Balaban J connectivity index is 1.65. The molecule has 8 heteroatoms. The summed E-state index contributed by atoms with van der Waals surface area (Å²) in [5.74, 6) is -0.256. The number of nitrogens with zero attached hydrogens (tertiary/aromatic N) is 1. The van der Waals surface area contributed by atoms with Gasteiger partial charge in [-0.2, -0.15) is 0 Å². The van der Waals surface area contributed by atoms with Gasteiger partial charge in [-0.05, 0) is 29.8 Å². The number of benzene rings is 2. The average Bonchev–Trinajstić information content (AvgIpc) is 3.26. The molecule has 1 aromatic heterocycles. The Bertz CT molecular complexity index is 1160. The van der Waals surface area contributed by atoms with Gasteiger partial charge in [0.05, 0.1) is 28.6 Å². The zero-order chi connectivity index (χ0) is 21.1. The Labute approximate surface area is 174 Å². The van der Waals surface area contributed by atoms with Gasteiger partial charge in [0.25, 0.3) is 0 Å². The van der Waals surface area contributed by atoms with Crippen LogP contribution in [0.4, 0.5) is 5.69 Å². The molecule has 1 aliphatic heterocycles.